The summed E-state index contributed by atoms with van der Waals surface area (Å²) in [5.74, 6) is -5.50. The Kier molecular flexibility index (Phi) is 15.9. The second kappa shape index (κ2) is 17.1. The second-order valence-corrected chi connectivity index (χ2v) is 9.84. The lowest BCUT2D eigenvalue weighted by Gasteiger charge is -2.33. The lowest BCUT2D eigenvalue weighted by molar-refractivity contribution is -0.159. The Balaban J connectivity index is 5.84. The Bertz CT molecular complexity index is 877. The Labute approximate surface area is 229 Å². The van der Waals surface area contributed by atoms with E-state index >= 15 is 0 Å². The Morgan fingerprint density at radius 2 is 1.62 bits per heavy atom. The van der Waals surface area contributed by atoms with Gasteiger partial charge in [0.25, 0.3) is 11.8 Å². The average molecular weight is 561 g/mol. The van der Waals surface area contributed by atoms with E-state index in [4.69, 9.17) is 5.73 Å². The quantitative estimate of drug-likeness (QED) is 0.0859. The number of nitrogens with zero attached hydrogens (tertiary/aromatic N) is 1. The highest BCUT2D eigenvalue weighted by Gasteiger charge is 2.41. The number of amides is 4. The van der Waals surface area contributed by atoms with Crippen LogP contribution in [0, 0.1) is 11.8 Å². The van der Waals surface area contributed by atoms with Gasteiger partial charge in [-0.15, -0.1) is 0 Å². The van der Waals surface area contributed by atoms with E-state index in [9.17, 15) is 34.2 Å². The molecule has 210 valence electrons. The first-order chi connectivity index (χ1) is 17.2. The fourth-order valence-electron chi connectivity index (χ4n) is 3.29. The van der Waals surface area contributed by atoms with Crippen molar-refractivity contribution >= 4 is 54.9 Å². The number of allylic oxidation sites excluding steroid dienone is 2. The van der Waals surface area contributed by atoms with Gasteiger partial charge in [-0.25, -0.2) is 4.79 Å². The molecule has 11 nitrogen and oxygen atoms in total. The van der Waals surface area contributed by atoms with E-state index in [0.717, 1.165) is 0 Å². The number of thiol groups is 2. The molecule has 0 saturated carbocycles. The van der Waals surface area contributed by atoms with Crippen molar-refractivity contribution in [1.82, 2.24) is 15.5 Å². The molecule has 6 N–H and O–H groups in total. The van der Waals surface area contributed by atoms with Crippen LogP contribution in [0.5, 0.6) is 0 Å². The van der Waals surface area contributed by atoms with E-state index in [2.05, 4.69) is 35.9 Å². The molecule has 0 rings (SSSR count). The summed E-state index contributed by atoms with van der Waals surface area (Å²) in [6.07, 6.45) is 3.68. The minimum absolute atomic E-state index is 0.262. The van der Waals surface area contributed by atoms with Gasteiger partial charge in [0.1, 0.15) is 18.1 Å². The molecule has 0 aliphatic rings. The third-order valence-electron chi connectivity index (χ3n) is 5.29. The van der Waals surface area contributed by atoms with Gasteiger partial charge in [-0.3, -0.25) is 24.1 Å². The molecule has 0 fully saturated rings. The predicted octanol–water partition coefficient (Wildman–Crippen LogP) is 0.496. The molecule has 0 heterocycles. The second-order valence-electron chi connectivity index (χ2n) is 9.03. The van der Waals surface area contributed by atoms with Crippen molar-refractivity contribution in [2.75, 3.05) is 11.5 Å². The first-order valence-corrected chi connectivity index (χ1v) is 13.2. The molecule has 0 aromatic heterocycles. The maximum atomic E-state index is 13.4. The summed E-state index contributed by atoms with van der Waals surface area (Å²) in [5, 5.41) is 24.7. The van der Waals surface area contributed by atoms with Gasteiger partial charge in [0.15, 0.2) is 0 Å². The van der Waals surface area contributed by atoms with E-state index in [0.29, 0.717) is 17.1 Å². The van der Waals surface area contributed by atoms with Crippen molar-refractivity contribution in [1.29, 1.82) is 0 Å². The summed E-state index contributed by atoms with van der Waals surface area (Å²) in [7, 11) is 0. The third-order valence-corrected chi connectivity index (χ3v) is 5.91. The zero-order chi connectivity index (χ0) is 28.9. The van der Waals surface area contributed by atoms with Crippen molar-refractivity contribution in [3.8, 4) is 0 Å². The highest BCUT2D eigenvalue weighted by molar-refractivity contribution is 7.80. The topological polar surface area (TPSA) is 179 Å². The van der Waals surface area contributed by atoms with Crippen molar-refractivity contribution in [3.05, 3.63) is 23.9 Å². The van der Waals surface area contributed by atoms with Gasteiger partial charge >= 0.3 is 5.97 Å². The molecule has 0 aliphatic heterocycles. The standard InChI is InChI=1S/C24H40N4O7S2/c1-6-16(25)22(32)28(20(14(4)5)24(34)35)23(33)17(12-37)26-21(31)19(13(2)3)27-18(30)11-15(29)9-7-8-10-36/h6-7,9,13-15,17,19-20,29,36-37H,8,10-12,25H2,1-5H3,(H,26,31)(H,27,30)(H,34,35)/b9-7+,16-6-/t15-,17-,19-,20+/m1/s1. The molecule has 4 atom stereocenters. The SMILES string of the molecule is C/C=C(\N)C(=O)N(C(=O)[C@@H](CS)NC(=O)[C@H](NC(=O)C[C@H](O)/C=C/CCS)C(C)C)[C@H](C(=O)O)C(C)C. The molecular weight excluding hydrogens is 520 g/mol. The van der Waals surface area contributed by atoms with Crippen LogP contribution in [0.15, 0.2) is 23.9 Å². The summed E-state index contributed by atoms with van der Waals surface area (Å²) < 4.78 is 0. The summed E-state index contributed by atoms with van der Waals surface area (Å²) in [5.41, 5.74) is 5.36. The maximum Gasteiger partial charge on any atom is 0.327 e. The summed E-state index contributed by atoms with van der Waals surface area (Å²) in [6, 6.07) is -4.02. The smallest absolute Gasteiger partial charge is 0.327 e. The van der Waals surface area contributed by atoms with E-state index in [1.165, 1.54) is 32.9 Å². The van der Waals surface area contributed by atoms with E-state index in [-0.39, 0.29) is 17.9 Å². The first kappa shape index (κ1) is 34.5. The zero-order valence-electron chi connectivity index (χ0n) is 21.9. The van der Waals surface area contributed by atoms with E-state index in [1.54, 1.807) is 19.9 Å². The number of nitrogens with one attached hydrogen (secondary N) is 2. The molecule has 37 heavy (non-hydrogen) atoms. The number of aliphatic carboxylic acids is 1. The number of imide groups is 1. The Morgan fingerprint density at radius 1 is 1.03 bits per heavy atom. The fraction of sp³-hybridized carbons (Fsp3) is 0.625. The van der Waals surface area contributed by atoms with Crippen LogP contribution < -0.4 is 16.4 Å². The van der Waals surface area contributed by atoms with E-state index < -0.39 is 65.7 Å². The monoisotopic (exact) mass is 560 g/mol. The zero-order valence-corrected chi connectivity index (χ0v) is 23.7. The minimum Gasteiger partial charge on any atom is -0.480 e. The molecule has 0 aromatic carbocycles. The number of hydrogen-bond acceptors (Lipinski definition) is 9. The molecule has 0 saturated heterocycles. The van der Waals surface area contributed by atoms with Crippen molar-refractivity contribution in [2.24, 2.45) is 17.6 Å². The lowest BCUT2D eigenvalue weighted by Crippen LogP contribution is -2.61. The van der Waals surface area contributed by atoms with Crippen LogP contribution in [-0.4, -0.2) is 80.4 Å². The van der Waals surface area contributed by atoms with E-state index in [1.807, 2.05) is 0 Å². The molecule has 0 radical (unpaired) electrons. The van der Waals surface area contributed by atoms with Crippen LogP contribution in [0.25, 0.3) is 0 Å². The molecule has 0 aromatic rings. The third kappa shape index (κ3) is 11.2. The minimum atomic E-state index is -1.55. The summed E-state index contributed by atoms with van der Waals surface area (Å²) >= 11 is 8.17. The highest BCUT2D eigenvalue weighted by Crippen LogP contribution is 2.16. The predicted molar refractivity (Wildman–Crippen MR) is 147 cm³/mol. The van der Waals surface area contributed by atoms with Crippen LogP contribution in [0.4, 0.5) is 0 Å². The normalized spacial score (nSPS) is 15.2. The van der Waals surface area contributed by atoms with Crippen molar-refractivity contribution in [2.45, 2.75) is 71.7 Å². The van der Waals surface area contributed by atoms with Crippen LogP contribution in [0.2, 0.25) is 0 Å². The number of carboxylic acids is 1. The van der Waals surface area contributed by atoms with Gasteiger partial charge in [0.2, 0.25) is 11.8 Å². The highest BCUT2D eigenvalue weighted by atomic mass is 32.1. The number of nitrogens with two attached hydrogens (primary N) is 1. The number of carboxylic acid groups (broad SMARTS) is 1. The summed E-state index contributed by atoms with van der Waals surface area (Å²) in [4.78, 5) is 64.2. The first-order valence-electron chi connectivity index (χ1n) is 11.9. The van der Waals surface area contributed by atoms with Gasteiger partial charge < -0.3 is 26.6 Å². The molecule has 4 amide bonds. The van der Waals surface area contributed by atoms with Gasteiger partial charge in [-0.1, -0.05) is 45.9 Å². The molecule has 0 bridgehead atoms. The summed E-state index contributed by atoms with van der Waals surface area (Å²) in [6.45, 7) is 7.86. The number of rotatable bonds is 15. The number of hydrogen-bond donors (Lipinski definition) is 7. The van der Waals surface area contributed by atoms with Gasteiger partial charge in [-0.05, 0) is 30.9 Å². The molecular formula is C24H40N4O7S2. The number of carbonyl (C=O) groups is 5. The maximum absolute atomic E-state index is 13.4. The molecule has 0 spiro atoms. The van der Waals surface area contributed by atoms with Crippen LogP contribution in [0.1, 0.15) is 47.5 Å². The largest absolute Gasteiger partial charge is 0.480 e. The van der Waals surface area contributed by atoms with Crippen molar-refractivity contribution < 1.29 is 34.2 Å². The van der Waals surface area contributed by atoms with Crippen molar-refractivity contribution in [3.63, 3.8) is 0 Å². The molecule has 0 unspecified atom stereocenters. The average Bonchev–Trinajstić information content (AvgIpc) is 2.81. The Morgan fingerprint density at radius 3 is 2.05 bits per heavy atom. The van der Waals surface area contributed by atoms with Gasteiger partial charge in [0, 0.05) is 5.75 Å². The van der Waals surface area contributed by atoms with Crippen LogP contribution in [-0.2, 0) is 24.0 Å². The number of carbonyl (C=O) groups excluding carboxylic acids is 4. The van der Waals surface area contributed by atoms with Crippen LogP contribution >= 0.6 is 25.3 Å². The Hall–Kier alpha value is -2.51. The number of aliphatic hydroxyl groups excluding tert-OH is 1. The van der Waals surface area contributed by atoms with Gasteiger partial charge in [-0.2, -0.15) is 25.3 Å². The lowest BCUT2D eigenvalue weighted by atomic mass is 10.00. The van der Waals surface area contributed by atoms with Crippen LogP contribution in [0.3, 0.4) is 0 Å². The van der Waals surface area contributed by atoms with Gasteiger partial charge in [0.05, 0.1) is 18.2 Å². The number of aliphatic hydroxyl groups is 1. The fourth-order valence-corrected chi connectivity index (χ4v) is 3.68. The molecule has 13 heteroatoms. The molecule has 0 aliphatic carbocycles.